The van der Waals surface area contributed by atoms with Gasteiger partial charge in [0.25, 0.3) is 0 Å². The minimum Gasteiger partial charge on any atom is -0.396 e. The summed E-state index contributed by atoms with van der Waals surface area (Å²) in [5.74, 6) is 0.275. The lowest BCUT2D eigenvalue weighted by atomic mass is 9.74. The second-order valence-corrected chi connectivity index (χ2v) is 8.63. The Morgan fingerprint density at radius 3 is 2.48 bits per heavy atom. The maximum atomic E-state index is 12.8. The van der Waals surface area contributed by atoms with Crippen molar-refractivity contribution in [2.45, 2.75) is 38.1 Å². The number of benzene rings is 1. The van der Waals surface area contributed by atoms with E-state index in [4.69, 9.17) is 0 Å². The molecule has 2 fully saturated rings. The molecular formula is C22H35N3O2. The normalized spacial score (nSPS) is 24.1. The Labute approximate surface area is 163 Å². The van der Waals surface area contributed by atoms with Gasteiger partial charge in [-0.3, -0.25) is 4.79 Å². The van der Waals surface area contributed by atoms with Crippen molar-refractivity contribution >= 4 is 5.91 Å². The summed E-state index contributed by atoms with van der Waals surface area (Å²) in [6.45, 7) is 4.85. The fourth-order valence-corrected chi connectivity index (χ4v) is 4.42. The molecule has 1 aromatic carbocycles. The van der Waals surface area contributed by atoms with Gasteiger partial charge in [0.2, 0.25) is 5.91 Å². The molecule has 27 heavy (non-hydrogen) atoms. The average Bonchev–Trinajstić information content (AvgIpc) is 2.70. The molecule has 0 spiro atoms. The van der Waals surface area contributed by atoms with E-state index in [2.05, 4.69) is 48.2 Å². The van der Waals surface area contributed by atoms with E-state index >= 15 is 0 Å². The SMILES string of the molecule is CN1CCN(C)C(CC(=O)N2CCC(CO)(CCc3ccccc3)CC2)C1. The molecule has 1 atom stereocenters. The fraction of sp³-hybridized carbons (Fsp3) is 0.682. The molecule has 150 valence electrons. The summed E-state index contributed by atoms with van der Waals surface area (Å²) in [7, 11) is 4.26. The van der Waals surface area contributed by atoms with Crippen LogP contribution in [0, 0.1) is 5.41 Å². The Kier molecular flexibility index (Phi) is 6.90. The highest BCUT2D eigenvalue weighted by Crippen LogP contribution is 2.36. The molecular weight excluding hydrogens is 338 g/mol. The van der Waals surface area contributed by atoms with Crippen LogP contribution in [0.5, 0.6) is 0 Å². The van der Waals surface area contributed by atoms with Crippen LogP contribution in [-0.4, -0.2) is 85.2 Å². The van der Waals surface area contributed by atoms with Crippen LogP contribution in [0.25, 0.3) is 0 Å². The third-order valence-corrected chi connectivity index (χ3v) is 6.69. The number of aliphatic hydroxyl groups excluding tert-OH is 1. The Balaban J connectivity index is 1.49. The lowest BCUT2D eigenvalue weighted by Crippen LogP contribution is -2.52. The molecule has 1 amide bonds. The van der Waals surface area contributed by atoms with Gasteiger partial charge < -0.3 is 19.8 Å². The van der Waals surface area contributed by atoms with Gasteiger partial charge in [-0.1, -0.05) is 30.3 Å². The van der Waals surface area contributed by atoms with E-state index in [0.717, 1.165) is 58.4 Å². The second kappa shape index (κ2) is 9.18. The topological polar surface area (TPSA) is 47.0 Å². The van der Waals surface area contributed by atoms with Crippen molar-refractivity contribution in [2.24, 2.45) is 5.41 Å². The minimum absolute atomic E-state index is 0.0333. The molecule has 2 aliphatic heterocycles. The number of carbonyl (C=O) groups is 1. The Morgan fingerprint density at radius 2 is 1.81 bits per heavy atom. The molecule has 1 aromatic rings. The molecule has 0 aromatic heterocycles. The summed E-state index contributed by atoms with van der Waals surface area (Å²) in [6, 6.07) is 10.8. The Morgan fingerprint density at radius 1 is 1.11 bits per heavy atom. The van der Waals surface area contributed by atoms with E-state index in [0.29, 0.717) is 12.5 Å². The van der Waals surface area contributed by atoms with Gasteiger partial charge in [-0.05, 0) is 50.8 Å². The van der Waals surface area contributed by atoms with Crippen LogP contribution in [0.3, 0.4) is 0 Å². The number of hydrogen-bond acceptors (Lipinski definition) is 4. The number of likely N-dealkylation sites (tertiary alicyclic amines) is 1. The highest BCUT2D eigenvalue weighted by Gasteiger charge is 2.36. The van der Waals surface area contributed by atoms with Crippen molar-refractivity contribution in [3.8, 4) is 0 Å². The zero-order valence-electron chi connectivity index (χ0n) is 16.9. The first kappa shape index (κ1) is 20.3. The average molecular weight is 374 g/mol. The van der Waals surface area contributed by atoms with Crippen molar-refractivity contribution in [3.63, 3.8) is 0 Å². The quantitative estimate of drug-likeness (QED) is 0.827. The Hall–Kier alpha value is -1.43. The third kappa shape index (κ3) is 5.31. The van der Waals surface area contributed by atoms with E-state index < -0.39 is 0 Å². The summed E-state index contributed by atoms with van der Waals surface area (Å²) in [5.41, 5.74) is 1.29. The highest BCUT2D eigenvalue weighted by atomic mass is 16.3. The first-order chi connectivity index (χ1) is 13.0. The zero-order chi connectivity index (χ0) is 19.3. The summed E-state index contributed by atoms with van der Waals surface area (Å²) >= 11 is 0. The standard InChI is InChI=1S/C22H35N3O2/c1-23-14-15-24(2)20(17-23)16-21(27)25-12-10-22(18-26,11-13-25)9-8-19-6-4-3-5-7-19/h3-7,20,26H,8-18H2,1-2H3. The molecule has 0 bridgehead atoms. The number of likely N-dealkylation sites (N-methyl/N-ethyl adjacent to an activating group) is 2. The first-order valence-electron chi connectivity index (χ1n) is 10.3. The number of amides is 1. The lowest BCUT2D eigenvalue weighted by molar-refractivity contribution is -0.136. The van der Waals surface area contributed by atoms with Crippen LogP contribution in [0.1, 0.15) is 31.2 Å². The number of carbonyl (C=O) groups excluding carboxylic acids is 1. The summed E-state index contributed by atoms with van der Waals surface area (Å²) in [5, 5.41) is 10.1. The van der Waals surface area contributed by atoms with Gasteiger partial charge in [-0.25, -0.2) is 0 Å². The van der Waals surface area contributed by atoms with Crippen molar-refractivity contribution < 1.29 is 9.90 Å². The van der Waals surface area contributed by atoms with Crippen LogP contribution in [0.4, 0.5) is 0 Å². The van der Waals surface area contributed by atoms with Gasteiger partial charge in [0, 0.05) is 51.8 Å². The summed E-state index contributed by atoms with van der Waals surface area (Å²) in [6.07, 6.45) is 4.40. The largest absolute Gasteiger partial charge is 0.396 e. The van der Waals surface area contributed by atoms with Crippen LogP contribution < -0.4 is 0 Å². The predicted octanol–water partition coefficient (Wildman–Crippen LogP) is 1.86. The number of hydrogen-bond donors (Lipinski definition) is 1. The molecule has 0 saturated carbocycles. The van der Waals surface area contributed by atoms with E-state index in [9.17, 15) is 9.90 Å². The predicted molar refractivity (Wildman–Crippen MR) is 109 cm³/mol. The van der Waals surface area contributed by atoms with E-state index in [1.165, 1.54) is 5.56 Å². The number of rotatable bonds is 6. The monoisotopic (exact) mass is 373 g/mol. The zero-order valence-corrected chi connectivity index (χ0v) is 16.9. The summed E-state index contributed by atoms with van der Waals surface area (Å²) < 4.78 is 0. The van der Waals surface area contributed by atoms with Crippen LogP contribution in [0.15, 0.2) is 30.3 Å². The smallest absolute Gasteiger partial charge is 0.224 e. The molecule has 5 nitrogen and oxygen atoms in total. The van der Waals surface area contributed by atoms with Gasteiger partial charge in [0.05, 0.1) is 0 Å². The Bertz CT molecular complexity index is 599. The molecule has 1 unspecified atom stereocenters. The summed E-state index contributed by atoms with van der Waals surface area (Å²) in [4.78, 5) is 19.5. The van der Waals surface area contributed by atoms with E-state index in [1.54, 1.807) is 0 Å². The van der Waals surface area contributed by atoms with Crippen molar-refractivity contribution in [3.05, 3.63) is 35.9 Å². The molecule has 2 aliphatic rings. The van der Waals surface area contributed by atoms with E-state index in [-0.39, 0.29) is 17.9 Å². The number of nitrogens with zero attached hydrogens (tertiary/aromatic N) is 3. The number of piperazine rings is 1. The minimum atomic E-state index is -0.0333. The van der Waals surface area contributed by atoms with Crippen molar-refractivity contribution in [1.82, 2.24) is 14.7 Å². The molecule has 0 radical (unpaired) electrons. The van der Waals surface area contributed by atoms with E-state index in [1.807, 2.05) is 11.0 Å². The first-order valence-corrected chi connectivity index (χ1v) is 10.3. The number of piperidine rings is 1. The molecule has 1 N–H and O–H groups in total. The van der Waals surface area contributed by atoms with Gasteiger partial charge in [-0.15, -0.1) is 0 Å². The van der Waals surface area contributed by atoms with Gasteiger partial charge >= 0.3 is 0 Å². The molecule has 3 rings (SSSR count). The van der Waals surface area contributed by atoms with Crippen LogP contribution in [0.2, 0.25) is 0 Å². The lowest BCUT2D eigenvalue weighted by Gasteiger charge is -2.42. The van der Waals surface area contributed by atoms with Crippen molar-refractivity contribution in [1.29, 1.82) is 0 Å². The molecule has 0 aliphatic carbocycles. The maximum Gasteiger partial charge on any atom is 0.224 e. The van der Waals surface area contributed by atoms with Crippen LogP contribution in [-0.2, 0) is 11.2 Å². The maximum absolute atomic E-state index is 12.8. The number of aryl methyl sites for hydroxylation is 1. The molecule has 2 heterocycles. The van der Waals surface area contributed by atoms with Gasteiger partial charge in [0.1, 0.15) is 0 Å². The third-order valence-electron chi connectivity index (χ3n) is 6.69. The molecule has 2 saturated heterocycles. The van der Waals surface area contributed by atoms with Crippen molar-refractivity contribution in [2.75, 3.05) is 53.4 Å². The fourth-order valence-electron chi connectivity index (χ4n) is 4.42. The van der Waals surface area contributed by atoms with Gasteiger partial charge in [-0.2, -0.15) is 0 Å². The second-order valence-electron chi connectivity index (χ2n) is 8.63. The number of aliphatic hydroxyl groups is 1. The van der Waals surface area contributed by atoms with Crippen LogP contribution >= 0.6 is 0 Å². The highest BCUT2D eigenvalue weighted by molar-refractivity contribution is 5.77. The van der Waals surface area contributed by atoms with Gasteiger partial charge in [0.15, 0.2) is 0 Å². The molecule has 5 heteroatoms.